The van der Waals surface area contributed by atoms with Crippen LogP contribution < -0.4 is 11.2 Å². The molecule has 0 saturated carbocycles. The fourth-order valence-electron chi connectivity index (χ4n) is 2.11. The predicted molar refractivity (Wildman–Crippen MR) is 80.1 cm³/mol. The van der Waals surface area contributed by atoms with E-state index in [1.807, 2.05) is 25.5 Å². The zero-order chi connectivity index (χ0) is 14.9. The van der Waals surface area contributed by atoms with E-state index in [0.29, 0.717) is 18.5 Å². The van der Waals surface area contributed by atoms with Gasteiger partial charge in [0.25, 0.3) is 5.56 Å². The molecular formula is C13H17BrN4O2. The van der Waals surface area contributed by atoms with Gasteiger partial charge in [-0.1, -0.05) is 6.92 Å². The number of nitrogens with one attached hydrogen (secondary N) is 1. The zero-order valence-corrected chi connectivity index (χ0v) is 13.3. The SMILES string of the molecule is CCc1cn(Cc2c(Br)c(C)nn2CC)c(=O)[nH]c1=O. The summed E-state index contributed by atoms with van der Waals surface area (Å²) in [5.41, 5.74) is 1.69. The van der Waals surface area contributed by atoms with Crippen molar-refractivity contribution in [3.8, 4) is 0 Å². The molecule has 6 nitrogen and oxygen atoms in total. The Morgan fingerprint density at radius 2 is 2.05 bits per heavy atom. The van der Waals surface area contributed by atoms with Gasteiger partial charge in [0.1, 0.15) is 0 Å². The Labute approximate surface area is 124 Å². The van der Waals surface area contributed by atoms with Gasteiger partial charge in [-0.2, -0.15) is 5.10 Å². The van der Waals surface area contributed by atoms with Crippen LogP contribution in [0.3, 0.4) is 0 Å². The maximum atomic E-state index is 11.9. The van der Waals surface area contributed by atoms with E-state index in [2.05, 4.69) is 26.0 Å². The number of halogens is 1. The van der Waals surface area contributed by atoms with Crippen LogP contribution in [0.1, 0.15) is 30.8 Å². The highest BCUT2D eigenvalue weighted by atomic mass is 79.9. The lowest BCUT2D eigenvalue weighted by Crippen LogP contribution is -2.32. The van der Waals surface area contributed by atoms with Gasteiger partial charge in [-0.05, 0) is 36.2 Å². The van der Waals surface area contributed by atoms with Gasteiger partial charge in [-0.15, -0.1) is 0 Å². The van der Waals surface area contributed by atoms with Crippen molar-refractivity contribution in [3.63, 3.8) is 0 Å². The topological polar surface area (TPSA) is 72.7 Å². The third kappa shape index (κ3) is 2.63. The first-order valence-corrected chi connectivity index (χ1v) is 7.31. The van der Waals surface area contributed by atoms with Crippen molar-refractivity contribution in [3.05, 3.63) is 48.5 Å². The molecule has 0 bridgehead atoms. The highest BCUT2D eigenvalue weighted by Crippen LogP contribution is 2.21. The lowest BCUT2D eigenvalue weighted by molar-refractivity contribution is 0.583. The Bertz CT molecular complexity index is 742. The van der Waals surface area contributed by atoms with Crippen LogP contribution in [0.25, 0.3) is 0 Å². The number of hydrogen-bond acceptors (Lipinski definition) is 3. The molecule has 2 heterocycles. The first kappa shape index (κ1) is 14.8. The third-order valence-corrected chi connectivity index (χ3v) is 4.27. The second kappa shape index (κ2) is 5.78. The molecule has 0 aliphatic heterocycles. The molecule has 0 saturated heterocycles. The highest BCUT2D eigenvalue weighted by Gasteiger charge is 2.13. The van der Waals surface area contributed by atoms with Crippen molar-refractivity contribution < 1.29 is 0 Å². The van der Waals surface area contributed by atoms with Gasteiger partial charge < -0.3 is 0 Å². The van der Waals surface area contributed by atoms with Crippen LogP contribution in [-0.4, -0.2) is 19.3 Å². The molecule has 108 valence electrons. The van der Waals surface area contributed by atoms with Gasteiger partial charge in [-0.25, -0.2) is 4.79 Å². The Balaban J connectivity index is 2.50. The lowest BCUT2D eigenvalue weighted by atomic mass is 10.2. The van der Waals surface area contributed by atoms with Crippen LogP contribution in [0.2, 0.25) is 0 Å². The van der Waals surface area contributed by atoms with E-state index in [1.54, 1.807) is 6.20 Å². The van der Waals surface area contributed by atoms with Crippen molar-refractivity contribution in [2.24, 2.45) is 0 Å². The summed E-state index contributed by atoms with van der Waals surface area (Å²) in [6.07, 6.45) is 2.21. The summed E-state index contributed by atoms with van der Waals surface area (Å²) >= 11 is 3.50. The number of hydrogen-bond donors (Lipinski definition) is 1. The first-order chi connectivity index (χ1) is 9.47. The second-order valence-corrected chi connectivity index (χ2v) is 5.35. The van der Waals surface area contributed by atoms with E-state index in [1.165, 1.54) is 4.57 Å². The predicted octanol–water partition coefficient (Wildman–Crippen LogP) is 1.43. The van der Waals surface area contributed by atoms with E-state index < -0.39 is 5.69 Å². The third-order valence-electron chi connectivity index (χ3n) is 3.24. The Morgan fingerprint density at radius 1 is 1.35 bits per heavy atom. The molecule has 0 aromatic carbocycles. The van der Waals surface area contributed by atoms with Crippen molar-refractivity contribution in [1.82, 2.24) is 19.3 Å². The molecule has 2 rings (SSSR count). The molecule has 1 N–H and O–H groups in total. The summed E-state index contributed by atoms with van der Waals surface area (Å²) in [4.78, 5) is 25.8. The molecule has 0 atom stereocenters. The molecule has 0 radical (unpaired) electrons. The largest absolute Gasteiger partial charge is 0.328 e. The van der Waals surface area contributed by atoms with Crippen molar-refractivity contribution in [2.75, 3.05) is 0 Å². The number of rotatable bonds is 4. The van der Waals surface area contributed by atoms with Crippen LogP contribution in [0, 0.1) is 6.92 Å². The fraction of sp³-hybridized carbons (Fsp3) is 0.462. The molecule has 2 aromatic rings. The highest BCUT2D eigenvalue weighted by molar-refractivity contribution is 9.10. The quantitative estimate of drug-likeness (QED) is 0.915. The van der Waals surface area contributed by atoms with Crippen LogP contribution in [0.4, 0.5) is 0 Å². The minimum Gasteiger partial charge on any atom is -0.294 e. The van der Waals surface area contributed by atoms with Crippen molar-refractivity contribution >= 4 is 15.9 Å². The van der Waals surface area contributed by atoms with E-state index in [9.17, 15) is 9.59 Å². The number of aryl methyl sites for hydroxylation is 3. The number of nitrogens with zero attached hydrogens (tertiary/aromatic N) is 3. The summed E-state index contributed by atoms with van der Waals surface area (Å²) in [6, 6.07) is 0. The monoisotopic (exact) mass is 340 g/mol. The van der Waals surface area contributed by atoms with Gasteiger partial charge in [0.05, 0.1) is 22.4 Å². The van der Waals surface area contributed by atoms with E-state index in [-0.39, 0.29) is 5.56 Å². The van der Waals surface area contributed by atoms with Gasteiger partial charge in [0, 0.05) is 18.3 Å². The summed E-state index contributed by atoms with van der Waals surface area (Å²) in [6.45, 7) is 6.89. The maximum absolute atomic E-state index is 11.9. The van der Waals surface area contributed by atoms with Crippen molar-refractivity contribution in [2.45, 2.75) is 40.3 Å². The van der Waals surface area contributed by atoms with Gasteiger partial charge in [0.2, 0.25) is 0 Å². The van der Waals surface area contributed by atoms with Gasteiger partial charge in [0.15, 0.2) is 0 Å². The van der Waals surface area contributed by atoms with E-state index >= 15 is 0 Å². The summed E-state index contributed by atoms with van der Waals surface area (Å²) in [5.74, 6) is 0. The van der Waals surface area contributed by atoms with Crippen molar-refractivity contribution in [1.29, 1.82) is 0 Å². The first-order valence-electron chi connectivity index (χ1n) is 6.52. The van der Waals surface area contributed by atoms with Gasteiger partial charge in [-0.3, -0.25) is 19.0 Å². The number of aromatic nitrogens is 4. The smallest absolute Gasteiger partial charge is 0.294 e. The molecule has 0 amide bonds. The van der Waals surface area contributed by atoms with E-state index in [4.69, 9.17) is 0 Å². The Morgan fingerprint density at radius 3 is 2.65 bits per heavy atom. The maximum Gasteiger partial charge on any atom is 0.328 e. The molecule has 0 fully saturated rings. The summed E-state index contributed by atoms with van der Waals surface area (Å²) in [7, 11) is 0. The van der Waals surface area contributed by atoms with Crippen LogP contribution >= 0.6 is 15.9 Å². The molecule has 0 aliphatic rings. The summed E-state index contributed by atoms with van der Waals surface area (Å²) in [5, 5.41) is 4.40. The lowest BCUT2D eigenvalue weighted by Gasteiger charge is -2.09. The Hall–Kier alpha value is -1.63. The average Bonchev–Trinajstić information content (AvgIpc) is 2.69. The second-order valence-electron chi connectivity index (χ2n) is 4.56. The molecule has 7 heteroatoms. The van der Waals surface area contributed by atoms with Gasteiger partial charge >= 0.3 is 5.69 Å². The average molecular weight is 341 g/mol. The molecular weight excluding hydrogens is 324 g/mol. The van der Waals surface area contributed by atoms with E-state index in [0.717, 1.165) is 22.4 Å². The number of H-pyrrole nitrogens is 1. The van der Waals surface area contributed by atoms with Crippen LogP contribution in [-0.2, 0) is 19.5 Å². The number of aromatic amines is 1. The Kier molecular flexibility index (Phi) is 4.27. The fourth-order valence-corrected chi connectivity index (χ4v) is 2.51. The molecule has 20 heavy (non-hydrogen) atoms. The molecule has 2 aromatic heterocycles. The zero-order valence-electron chi connectivity index (χ0n) is 11.7. The normalized spacial score (nSPS) is 11.0. The standard InChI is InChI=1S/C13H17BrN4O2/c1-4-9-6-17(13(20)15-12(9)19)7-10-11(14)8(3)16-18(10)5-2/h6H,4-5,7H2,1-3H3,(H,15,19,20). The molecule has 0 spiro atoms. The van der Waals surface area contributed by atoms with Crippen LogP contribution in [0.5, 0.6) is 0 Å². The van der Waals surface area contributed by atoms with Crippen LogP contribution in [0.15, 0.2) is 20.3 Å². The molecule has 0 unspecified atom stereocenters. The molecule has 0 aliphatic carbocycles. The minimum atomic E-state index is -0.402. The minimum absolute atomic E-state index is 0.312. The summed E-state index contributed by atoms with van der Waals surface area (Å²) < 4.78 is 4.26.